The number of hydrogen-bond acceptors (Lipinski definition) is 2. The van der Waals surface area contributed by atoms with Crippen LogP contribution in [-0.4, -0.2) is 5.11 Å². The standard InChI is InChI=1S/C14H11BrF2O2/c1-8(18)9-2-5-14(11(15)6-9)19-10-3-4-12(16)13(17)7-10/h2-8,18H,1H3/t8-/m0/s1. The lowest BCUT2D eigenvalue weighted by Crippen LogP contribution is -1.93. The van der Waals surface area contributed by atoms with E-state index in [9.17, 15) is 13.9 Å². The van der Waals surface area contributed by atoms with E-state index in [0.717, 1.165) is 17.7 Å². The fraction of sp³-hybridized carbons (Fsp3) is 0.143. The molecule has 0 radical (unpaired) electrons. The van der Waals surface area contributed by atoms with Gasteiger partial charge in [-0.05, 0) is 52.7 Å². The van der Waals surface area contributed by atoms with Crippen molar-refractivity contribution in [3.8, 4) is 11.5 Å². The Bertz CT molecular complexity index is 600. The van der Waals surface area contributed by atoms with Gasteiger partial charge in [-0.2, -0.15) is 0 Å². The summed E-state index contributed by atoms with van der Waals surface area (Å²) in [5, 5.41) is 9.44. The van der Waals surface area contributed by atoms with Crippen LogP contribution in [-0.2, 0) is 0 Å². The molecule has 0 unspecified atom stereocenters. The first kappa shape index (κ1) is 14.0. The first-order chi connectivity index (χ1) is 8.97. The molecular formula is C14H11BrF2O2. The minimum atomic E-state index is -0.964. The Morgan fingerprint density at radius 1 is 1.11 bits per heavy atom. The molecule has 0 heterocycles. The summed E-state index contributed by atoms with van der Waals surface area (Å²) in [6.07, 6.45) is -0.589. The van der Waals surface area contributed by atoms with Crippen LogP contribution in [0.15, 0.2) is 40.9 Å². The molecule has 0 saturated heterocycles. The molecule has 2 rings (SSSR count). The third-order valence-corrected chi connectivity index (χ3v) is 3.18. The maximum absolute atomic E-state index is 13.1. The van der Waals surface area contributed by atoms with Crippen molar-refractivity contribution in [1.29, 1.82) is 0 Å². The van der Waals surface area contributed by atoms with E-state index in [1.54, 1.807) is 25.1 Å². The van der Waals surface area contributed by atoms with Crippen LogP contribution in [0.4, 0.5) is 8.78 Å². The smallest absolute Gasteiger partial charge is 0.162 e. The Morgan fingerprint density at radius 2 is 1.84 bits per heavy atom. The first-order valence-electron chi connectivity index (χ1n) is 5.58. The van der Waals surface area contributed by atoms with Crippen molar-refractivity contribution < 1.29 is 18.6 Å². The second-order valence-corrected chi connectivity index (χ2v) is 4.90. The summed E-state index contributed by atoms with van der Waals surface area (Å²) in [7, 11) is 0. The predicted octanol–water partition coefficient (Wildman–Crippen LogP) is 4.57. The summed E-state index contributed by atoms with van der Waals surface area (Å²) in [6, 6.07) is 8.37. The van der Waals surface area contributed by atoms with Crippen LogP contribution in [0.5, 0.6) is 11.5 Å². The molecule has 0 saturated carbocycles. The molecule has 1 N–H and O–H groups in total. The maximum atomic E-state index is 13.1. The van der Waals surface area contributed by atoms with Crippen LogP contribution >= 0.6 is 15.9 Å². The molecule has 0 bridgehead atoms. The summed E-state index contributed by atoms with van der Waals surface area (Å²) >= 11 is 3.30. The van der Waals surface area contributed by atoms with Gasteiger partial charge in [0.15, 0.2) is 11.6 Å². The molecule has 19 heavy (non-hydrogen) atoms. The Morgan fingerprint density at radius 3 is 2.42 bits per heavy atom. The molecule has 100 valence electrons. The quantitative estimate of drug-likeness (QED) is 0.894. The normalized spacial score (nSPS) is 12.3. The summed E-state index contributed by atoms with van der Waals surface area (Å²) in [5.74, 6) is -1.23. The van der Waals surface area contributed by atoms with E-state index in [1.165, 1.54) is 6.07 Å². The summed E-state index contributed by atoms with van der Waals surface area (Å²) in [4.78, 5) is 0. The van der Waals surface area contributed by atoms with Crippen LogP contribution in [0.2, 0.25) is 0 Å². The molecule has 2 aromatic carbocycles. The minimum Gasteiger partial charge on any atom is -0.456 e. The second-order valence-electron chi connectivity index (χ2n) is 4.04. The Balaban J connectivity index is 2.25. The maximum Gasteiger partial charge on any atom is 0.162 e. The Labute approximate surface area is 117 Å². The van der Waals surface area contributed by atoms with Crippen LogP contribution in [0, 0.1) is 11.6 Å². The Kier molecular flexibility index (Phi) is 4.17. The number of hydrogen-bond donors (Lipinski definition) is 1. The molecule has 0 spiro atoms. The van der Waals surface area contributed by atoms with Crippen LogP contribution in [0.1, 0.15) is 18.6 Å². The zero-order valence-corrected chi connectivity index (χ0v) is 11.6. The monoisotopic (exact) mass is 328 g/mol. The molecule has 0 amide bonds. The van der Waals surface area contributed by atoms with Gasteiger partial charge in [0.05, 0.1) is 10.6 Å². The average molecular weight is 329 g/mol. The minimum absolute atomic E-state index is 0.199. The summed E-state index contributed by atoms with van der Waals surface area (Å²) in [5.41, 5.74) is 0.726. The lowest BCUT2D eigenvalue weighted by atomic mass is 10.1. The highest BCUT2D eigenvalue weighted by atomic mass is 79.9. The number of ether oxygens (including phenoxy) is 1. The van der Waals surface area contributed by atoms with Gasteiger partial charge in [0, 0.05) is 6.07 Å². The van der Waals surface area contributed by atoms with Gasteiger partial charge < -0.3 is 9.84 Å². The molecule has 2 aromatic rings. The van der Waals surface area contributed by atoms with Gasteiger partial charge in [0.2, 0.25) is 0 Å². The number of halogens is 3. The topological polar surface area (TPSA) is 29.5 Å². The largest absolute Gasteiger partial charge is 0.456 e. The van der Waals surface area contributed by atoms with Crippen molar-refractivity contribution in [2.24, 2.45) is 0 Å². The van der Waals surface area contributed by atoms with Gasteiger partial charge in [-0.15, -0.1) is 0 Å². The molecule has 0 aliphatic heterocycles. The molecule has 0 fully saturated rings. The lowest BCUT2D eigenvalue weighted by molar-refractivity contribution is 0.199. The number of rotatable bonds is 3. The van der Waals surface area contributed by atoms with Crippen molar-refractivity contribution >= 4 is 15.9 Å². The predicted molar refractivity (Wildman–Crippen MR) is 71.2 cm³/mol. The van der Waals surface area contributed by atoms with E-state index in [2.05, 4.69) is 15.9 Å². The molecule has 0 aromatic heterocycles. The molecule has 0 aliphatic rings. The fourth-order valence-electron chi connectivity index (χ4n) is 1.53. The third-order valence-electron chi connectivity index (χ3n) is 2.56. The van der Waals surface area contributed by atoms with Crippen molar-refractivity contribution in [3.05, 3.63) is 58.1 Å². The van der Waals surface area contributed by atoms with Gasteiger partial charge in [-0.25, -0.2) is 8.78 Å². The number of benzene rings is 2. The van der Waals surface area contributed by atoms with Gasteiger partial charge in [0.25, 0.3) is 0 Å². The highest BCUT2D eigenvalue weighted by Crippen LogP contribution is 2.32. The number of aliphatic hydroxyl groups is 1. The Hall–Kier alpha value is -1.46. The SMILES string of the molecule is C[C@H](O)c1ccc(Oc2ccc(F)c(F)c2)c(Br)c1. The van der Waals surface area contributed by atoms with E-state index in [4.69, 9.17) is 4.74 Å². The first-order valence-corrected chi connectivity index (χ1v) is 6.37. The van der Waals surface area contributed by atoms with Gasteiger partial charge >= 0.3 is 0 Å². The van der Waals surface area contributed by atoms with Crippen LogP contribution < -0.4 is 4.74 Å². The average Bonchev–Trinajstić information content (AvgIpc) is 2.36. The highest BCUT2D eigenvalue weighted by Gasteiger charge is 2.09. The van der Waals surface area contributed by atoms with Crippen LogP contribution in [0.3, 0.4) is 0 Å². The van der Waals surface area contributed by atoms with E-state index >= 15 is 0 Å². The van der Waals surface area contributed by atoms with Gasteiger partial charge in [-0.3, -0.25) is 0 Å². The zero-order valence-electron chi connectivity index (χ0n) is 10.0. The van der Waals surface area contributed by atoms with Crippen molar-refractivity contribution in [1.82, 2.24) is 0 Å². The molecule has 0 aliphatic carbocycles. The molecular weight excluding hydrogens is 318 g/mol. The van der Waals surface area contributed by atoms with Crippen LogP contribution in [0.25, 0.3) is 0 Å². The summed E-state index contributed by atoms with van der Waals surface area (Å²) < 4.78 is 31.9. The van der Waals surface area contributed by atoms with Crippen molar-refractivity contribution in [3.63, 3.8) is 0 Å². The highest BCUT2D eigenvalue weighted by molar-refractivity contribution is 9.10. The second kappa shape index (κ2) is 5.67. The zero-order chi connectivity index (χ0) is 14.0. The lowest BCUT2D eigenvalue weighted by Gasteiger charge is -2.11. The fourth-order valence-corrected chi connectivity index (χ4v) is 2.00. The van der Waals surface area contributed by atoms with Gasteiger partial charge in [-0.1, -0.05) is 6.07 Å². The molecule has 5 heteroatoms. The van der Waals surface area contributed by atoms with E-state index in [0.29, 0.717) is 10.2 Å². The number of aliphatic hydroxyl groups excluding tert-OH is 1. The molecule has 2 nitrogen and oxygen atoms in total. The van der Waals surface area contributed by atoms with E-state index in [-0.39, 0.29) is 5.75 Å². The van der Waals surface area contributed by atoms with Gasteiger partial charge in [0.1, 0.15) is 11.5 Å². The van der Waals surface area contributed by atoms with E-state index in [1.807, 2.05) is 0 Å². The van der Waals surface area contributed by atoms with Crippen molar-refractivity contribution in [2.75, 3.05) is 0 Å². The summed E-state index contributed by atoms with van der Waals surface area (Å²) in [6.45, 7) is 1.65. The van der Waals surface area contributed by atoms with E-state index < -0.39 is 17.7 Å². The molecule has 1 atom stereocenters. The van der Waals surface area contributed by atoms with Crippen molar-refractivity contribution in [2.45, 2.75) is 13.0 Å². The third kappa shape index (κ3) is 3.30.